The summed E-state index contributed by atoms with van der Waals surface area (Å²) in [6, 6.07) is 6.42. The van der Waals surface area contributed by atoms with E-state index in [-0.39, 0.29) is 12.2 Å². The molecule has 1 aromatic heterocycles. The van der Waals surface area contributed by atoms with Gasteiger partial charge in [-0.2, -0.15) is 0 Å². The van der Waals surface area contributed by atoms with Crippen molar-refractivity contribution in [3.05, 3.63) is 64.4 Å². The maximum Gasteiger partial charge on any atom is 0.168 e. The first kappa shape index (κ1) is 12.6. The molecule has 2 rings (SSSR count). The van der Waals surface area contributed by atoms with E-state index in [4.69, 9.17) is 11.6 Å². The zero-order chi connectivity index (χ0) is 13.1. The van der Waals surface area contributed by atoms with Crippen LogP contribution in [0.15, 0.2) is 36.5 Å². The van der Waals surface area contributed by atoms with E-state index in [2.05, 4.69) is 4.98 Å². The van der Waals surface area contributed by atoms with Gasteiger partial charge in [-0.1, -0.05) is 17.7 Å². The van der Waals surface area contributed by atoms with E-state index >= 15 is 0 Å². The number of nitrogens with zero attached hydrogens (tertiary/aromatic N) is 1. The molecule has 92 valence electrons. The fraction of sp³-hybridized carbons (Fsp3) is 0.0769. The second-order valence-electron chi connectivity index (χ2n) is 3.72. The van der Waals surface area contributed by atoms with Gasteiger partial charge in [-0.3, -0.25) is 4.79 Å². The smallest absolute Gasteiger partial charge is 0.168 e. The standard InChI is InChI=1S/C13H8ClF2NO/c14-13-4-2-9(7-17-13)12(18)6-8-1-3-10(15)11(16)5-8/h1-5,7H,6H2. The van der Waals surface area contributed by atoms with Crippen LogP contribution in [0.5, 0.6) is 0 Å². The SMILES string of the molecule is O=C(Cc1ccc(F)c(F)c1)c1ccc(Cl)nc1. The van der Waals surface area contributed by atoms with Crippen molar-refractivity contribution in [1.29, 1.82) is 0 Å². The van der Waals surface area contributed by atoms with Crippen molar-refractivity contribution in [2.24, 2.45) is 0 Å². The lowest BCUT2D eigenvalue weighted by Crippen LogP contribution is -2.04. The van der Waals surface area contributed by atoms with E-state index in [9.17, 15) is 13.6 Å². The Morgan fingerprint density at radius 1 is 1.17 bits per heavy atom. The summed E-state index contributed by atoms with van der Waals surface area (Å²) in [6.07, 6.45) is 1.34. The van der Waals surface area contributed by atoms with E-state index in [0.717, 1.165) is 12.1 Å². The largest absolute Gasteiger partial charge is 0.294 e. The molecule has 0 spiro atoms. The van der Waals surface area contributed by atoms with Crippen molar-refractivity contribution in [1.82, 2.24) is 4.98 Å². The number of Topliss-reactive ketones (excluding diaryl/α,β-unsaturated/α-hetero) is 1. The zero-order valence-corrected chi connectivity index (χ0v) is 9.92. The topological polar surface area (TPSA) is 30.0 Å². The summed E-state index contributed by atoms with van der Waals surface area (Å²) in [5.74, 6) is -2.13. The molecule has 0 saturated heterocycles. The molecule has 0 fully saturated rings. The third-order valence-electron chi connectivity index (χ3n) is 2.40. The number of benzene rings is 1. The molecule has 5 heteroatoms. The van der Waals surface area contributed by atoms with Gasteiger partial charge in [0.15, 0.2) is 17.4 Å². The maximum absolute atomic E-state index is 13.0. The van der Waals surface area contributed by atoms with Crippen LogP contribution in [0.3, 0.4) is 0 Å². The number of carbonyl (C=O) groups excluding carboxylic acids is 1. The van der Waals surface area contributed by atoms with Gasteiger partial charge in [0, 0.05) is 18.2 Å². The fourth-order valence-electron chi connectivity index (χ4n) is 1.48. The van der Waals surface area contributed by atoms with Gasteiger partial charge in [0.1, 0.15) is 5.15 Å². The molecule has 0 unspecified atom stereocenters. The number of pyridine rings is 1. The Kier molecular flexibility index (Phi) is 3.67. The molecule has 2 aromatic rings. The molecule has 0 radical (unpaired) electrons. The summed E-state index contributed by atoms with van der Waals surface area (Å²) >= 11 is 5.60. The van der Waals surface area contributed by atoms with E-state index in [1.165, 1.54) is 24.4 Å². The van der Waals surface area contributed by atoms with Gasteiger partial charge in [0.05, 0.1) is 0 Å². The Morgan fingerprint density at radius 2 is 1.94 bits per heavy atom. The maximum atomic E-state index is 13.0. The first-order valence-corrected chi connectivity index (χ1v) is 5.53. The molecule has 0 aliphatic carbocycles. The van der Waals surface area contributed by atoms with E-state index < -0.39 is 11.6 Å². The van der Waals surface area contributed by atoms with Gasteiger partial charge in [-0.25, -0.2) is 13.8 Å². The highest BCUT2D eigenvalue weighted by Gasteiger charge is 2.09. The summed E-state index contributed by atoms with van der Waals surface area (Å²) in [5, 5.41) is 0.291. The molecule has 0 saturated carbocycles. The normalized spacial score (nSPS) is 10.4. The van der Waals surface area contributed by atoms with Gasteiger partial charge in [-0.15, -0.1) is 0 Å². The molecule has 0 atom stereocenters. The minimum atomic E-state index is -0.963. The van der Waals surface area contributed by atoms with Gasteiger partial charge < -0.3 is 0 Å². The first-order chi connectivity index (χ1) is 8.56. The number of rotatable bonds is 3. The molecular weight excluding hydrogens is 260 g/mol. The van der Waals surface area contributed by atoms with Crippen molar-refractivity contribution >= 4 is 17.4 Å². The Hall–Kier alpha value is -1.81. The number of hydrogen-bond donors (Lipinski definition) is 0. The van der Waals surface area contributed by atoms with Crippen LogP contribution >= 0.6 is 11.6 Å². The minimum absolute atomic E-state index is 0.0134. The molecule has 2 nitrogen and oxygen atoms in total. The Bertz CT molecular complexity index is 584. The number of ketones is 1. The Morgan fingerprint density at radius 3 is 2.56 bits per heavy atom. The number of halogens is 3. The predicted molar refractivity (Wildman–Crippen MR) is 63.6 cm³/mol. The van der Waals surface area contributed by atoms with Crippen molar-refractivity contribution in [3.63, 3.8) is 0 Å². The molecule has 0 aliphatic rings. The molecule has 1 heterocycles. The summed E-state index contributed by atoms with van der Waals surface area (Å²) in [5.41, 5.74) is 0.790. The summed E-state index contributed by atoms with van der Waals surface area (Å²) in [7, 11) is 0. The summed E-state index contributed by atoms with van der Waals surface area (Å²) in [6.45, 7) is 0. The van der Waals surface area contributed by atoms with Crippen LogP contribution in [0.1, 0.15) is 15.9 Å². The third-order valence-corrected chi connectivity index (χ3v) is 2.62. The van der Waals surface area contributed by atoms with Crippen LogP contribution in [-0.4, -0.2) is 10.8 Å². The minimum Gasteiger partial charge on any atom is -0.294 e. The molecule has 0 aliphatic heterocycles. The van der Waals surface area contributed by atoms with Crippen LogP contribution in [0.25, 0.3) is 0 Å². The zero-order valence-electron chi connectivity index (χ0n) is 9.16. The average Bonchev–Trinajstić information content (AvgIpc) is 2.34. The highest BCUT2D eigenvalue weighted by Crippen LogP contribution is 2.12. The number of carbonyl (C=O) groups is 1. The lowest BCUT2D eigenvalue weighted by atomic mass is 10.0. The Labute approximate surface area is 107 Å². The fourth-order valence-corrected chi connectivity index (χ4v) is 1.59. The second kappa shape index (κ2) is 5.23. The predicted octanol–water partition coefficient (Wildman–Crippen LogP) is 3.44. The van der Waals surface area contributed by atoms with Crippen LogP contribution in [0.4, 0.5) is 8.78 Å². The number of hydrogen-bond acceptors (Lipinski definition) is 2. The molecular formula is C13H8ClF2NO. The van der Waals surface area contributed by atoms with Crippen molar-refractivity contribution < 1.29 is 13.6 Å². The van der Waals surface area contributed by atoms with Gasteiger partial charge in [0.25, 0.3) is 0 Å². The molecule has 0 N–H and O–H groups in total. The monoisotopic (exact) mass is 267 g/mol. The summed E-state index contributed by atoms with van der Waals surface area (Å²) in [4.78, 5) is 15.6. The number of aromatic nitrogens is 1. The van der Waals surface area contributed by atoms with Crippen molar-refractivity contribution in [3.8, 4) is 0 Å². The second-order valence-corrected chi connectivity index (χ2v) is 4.11. The van der Waals surface area contributed by atoms with Crippen LogP contribution in [-0.2, 0) is 6.42 Å². The van der Waals surface area contributed by atoms with Crippen molar-refractivity contribution in [2.75, 3.05) is 0 Å². The highest BCUT2D eigenvalue weighted by molar-refractivity contribution is 6.29. The molecule has 0 amide bonds. The first-order valence-electron chi connectivity index (χ1n) is 5.15. The third kappa shape index (κ3) is 2.90. The lowest BCUT2D eigenvalue weighted by molar-refractivity contribution is 0.0992. The van der Waals surface area contributed by atoms with Crippen molar-refractivity contribution in [2.45, 2.75) is 6.42 Å². The quantitative estimate of drug-likeness (QED) is 0.630. The Balaban J connectivity index is 2.16. The van der Waals surface area contributed by atoms with E-state index in [1.807, 2.05) is 0 Å². The van der Waals surface area contributed by atoms with Gasteiger partial charge in [-0.05, 0) is 29.8 Å². The lowest BCUT2D eigenvalue weighted by Gasteiger charge is -2.02. The van der Waals surface area contributed by atoms with Gasteiger partial charge in [0.2, 0.25) is 0 Å². The van der Waals surface area contributed by atoms with E-state index in [1.54, 1.807) is 0 Å². The van der Waals surface area contributed by atoms with Crippen LogP contribution < -0.4 is 0 Å². The van der Waals surface area contributed by atoms with E-state index in [0.29, 0.717) is 16.3 Å². The van der Waals surface area contributed by atoms with Gasteiger partial charge >= 0.3 is 0 Å². The molecule has 0 bridgehead atoms. The average molecular weight is 268 g/mol. The highest BCUT2D eigenvalue weighted by atomic mass is 35.5. The molecule has 1 aromatic carbocycles. The molecule has 18 heavy (non-hydrogen) atoms. The van der Waals surface area contributed by atoms with Crippen LogP contribution in [0, 0.1) is 11.6 Å². The van der Waals surface area contributed by atoms with Crippen LogP contribution in [0.2, 0.25) is 5.15 Å². The summed E-state index contributed by atoms with van der Waals surface area (Å²) < 4.78 is 25.7.